The van der Waals surface area contributed by atoms with Gasteiger partial charge in [0.05, 0.1) is 6.54 Å². The van der Waals surface area contributed by atoms with Gasteiger partial charge in [-0.25, -0.2) is 4.68 Å². The van der Waals surface area contributed by atoms with Crippen molar-refractivity contribution >= 4 is 11.8 Å². The van der Waals surface area contributed by atoms with Gasteiger partial charge in [0, 0.05) is 38.0 Å². The Morgan fingerprint density at radius 2 is 1.97 bits per heavy atom. The van der Waals surface area contributed by atoms with Crippen molar-refractivity contribution in [3.63, 3.8) is 0 Å². The fraction of sp³-hybridized carbons (Fsp3) is 0.591. The lowest BCUT2D eigenvalue weighted by molar-refractivity contribution is -0.156. The van der Waals surface area contributed by atoms with Gasteiger partial charge in [0.1, 0.15) is 6.33 Å². The van der Waals surface area contributed by atoms with Crippen molar-refractivity contribution in [2.45, 2.75) is 57.2 Å². The smallest absolute Gasteiger partial charge is 0.224 e. The predicted molar refractivity (Wildman–Crippen MR) is 109 cm³/mol. The molecule has 4 heterocycles. The van der Waals surface area contributed by atoms with E-state index in [1.807, 2.05) is 11.0 Å². The highest BCUT2D eigenvalue weighted by atomic mass is 16.2. The van der Waals surface area contributed by atoms with Crippen molar-refractivity contribution in [2.75, 3.05) is 13.1 Å². The minimum absolute atomic E-state index is 0.161. The number of tetrazole rings is 1. The van der Waals surface area contributed by atoms with Gasteiger partial charge in [-0.15, -0.1) is 5.10 Å². The predicted octanol–water partition coefficient (Wildman–Crippen LogP) is 1.53. The minimum Gasteiger partial charge on any atom is -0.342 e. The summed E-state index contributed by atoms with van der Waals surface area (Å²) >= 11 is 0. The van der Waals surface area contributed by atoms with Crippen molar-refractivity contribution in [2.24, 2.45) is 11.8 Å². The summed E-state index contributed by atoms with van der Waals surface area (Å²) in [6, 6.07) is 10.9. The van der Waals surface area contributed by atoms with Crippen molar-refractivity contribution in [1.29, 1.82) is 0 Å². The summed E-state index contributed by atoms with van der Waals surface area (Å²) < 4.78 is 1.60. The number of fused-ring (bicyclic) bond motifs is 4. The molecule has 1 aromatic heterocycles. The van der Waals surface area contributed by atoms with Crippen molar-refractivity contribution in [3.05, 3.63) is 42.2 Å². The SMILES string of the molecule is O=C(CCn1cnnn1)N1C[C@H]2C[C@@H](C1)[C@H](Cc1ccccc1)N1C(=O)CCC[C@@H]21. The average Bonchev–Trinajstić information content (AvgIpc) is 3.29. The zero-order chi connectivity index (χ0) is 20.5. The molecule has 8 nitrogen and oxygen atoms in total. The van der Waals surface area contributed by atoms with Gasteiger partial charge >= 0.3 is 0 Å². The van der Waals surface area contributed by atoms with E-state index in [2.05, 4.69) is 44.7 Å². The second-order valence-corrected chi connectivity index (χ2v) is 8.90. The van der Waals surface area contributed by atoms with Crippen LogP contribution in [0.1, 0.15) is 37.7 Å². The zero-order valence-electron chi connectivity index (χ0n) is 17.1. The summed E-state index contributed by atoms with van der Waals surface area (Å²) in [5.41, 5.74) is 1.26. The topological polar surface area (TPSA) is 84.2 Å². The lowest BCUT2D eigenvalue weighted by atomic mass is 9.70. The molecule has 0 aliphatic carbocycles. The second-order valence-electron chi connectivity index (χ2n) is 8.90. The van der Waals surface area contributed by atoms with Gasteiger partial charge in [0.15, 0.2) is 0 Å². The first kappa shape index (κ1) is 19.2. The van der Waals surface area contributed by atoms with E-state index in [0.29, 0.717) is 37.1 Å². The third-order valence-electron chi connectivity index (χ3n) is 7.08. The molecule has 5 rings (SSSR count). The maximum absolute atomic E-state index is 13.0. The van der Waals surface area contributed by atoms with Crippen LogP contribution >= 0.6 is 0 Å². The van der Waals surface area contributed by atoms with Gasteiger partial charge in [-0.05, 0) is 53.5 Å². The molecular weight excluding hydrogens is 380 g/mol. The minimum atomic E-state index is 0.161. The van der Waals surface area contributed by atoms with Crippen LogP contribution in [0.25, 0.3) is 0 Å². The Bertz CT molecular complexity index is 886. The normalized spacial score (nSPS) is 28.3. The van der Waals surface area contributed by atoms with Crippen LogP contribution in [-0.4, -0.2) is 67.0 Å². The number of carbonyl (C=O) groups is 2. The Kier molecular flexibility index (Phi) is 5.23. The second kappa shape index (κ2) is 8.16. The highest BCUT2D eigenvalue weighted by molar-refractivity contribution is 5.78. The number of hydrogen-bond acceptors (Lipinski definition) is 5. The number of likely N-dealkylation sites (tertiary alicyclic amines) is 1. The van der Waals surface area contributed by atoms with Crippen molar-refractivity contribution < 1.29 is 9.59 Å². The van der Waals surface area contributed by atoms with E-state index >= 15 is 0 Å². The summed E-state index contributed by atoms with van der Waals surface area (Å²) in [7, 11) is 0. The van der Waals surface area contributed by atoms with Crippen LogP contribution in [0.15, 0.2) is 36.7 Å². The molecule has 0 saturated carbocycles. The average molecular weight is 409 g/mol. The Hall–Kier alpha value is -2.77. The summed E-state index contributed by atoms with van der Waals surface area (Å²) in [6.45, 7) is 2.00. The first-order valence-electron chi connectivity index (χ1n) is 11.0. The first-order valence-corrected chi connectivity index (χ1v) is 11.0. The van der Waals surface area contributed by atoms with E-state index < -0.39 is 0 Å². The molecule has 3 aliphatic rings. The highest BCUT2D eigenvalue weighted by Gasteiger charge is 2.49. The summed E-state index contributed by atoms with van der Waals surface area (Å²) in [4.78, 5) is 30.2. The third kappa shape index (κ3) is 3.70. The molecule has 158 valence electrons. The maximum atomic E-state index is 13.0. The Morgan fingerprint density at radius 3 is 2.77 bits per heavy atom. The van der Waals surface area contributed by atoms with Crippen LogP contribution in [0.4, 0.5) is 0 Å². The van der Waals surface area contributed by atoms with Crippen LogP contribution in [0.3, 0.4) is 0 Å². The molecule has 0 N–H and O–H groups in total. The largest absolute Gasteiger partial charge is 0.342 e. The quantitative estimate of drug-likeness (QED) is 0.749. The van der Waals surface area contributed by atoms with Gasteiger partial charge in [-0.2, -0.15) is 0 Å². The number of nitrogens with zero attached hydrogens (tertiary/aromatic N) is 6. The van der Waals surface area contributed by atoms with E-state index in [1.165, 1.54) is 5.56 Å². The van der Waals surface area contributed by atoms with E-state index in [4.69, 9.17) is 0 Å². The van der Waals surface area contributed by atoms with E-state index in [1.54, 1.807) is 11.0 Å². The van der Waals surface area contributed by atoms with Crippen LogP contribution in [0.2, 0.25) is 0 Å². The Balaban J connectivity index is 1.35. The van der Waals surface area contributed by atoms with Gasteiger partial charge in [0.2, 0.25) is 11.8 Å². The number of benzene rings is 1. The zero-order valence-corrected chi connectivity index (χ0v) is 17.1. The van der Waals surface area contributed by atoms with Gasteiger partial charge in [-0.1, -0.05) is 30.3 Å². The van der Waals surface area contributed by atoms with Gasteiger partial charge < -0.3 is 9.80 Å². The third-order valence-corrected chi connectivity index (χ3v) is 7.08. The number of hydrogen-bond donors (Lipinski definition) is 0. The number of aryl methyl sites for hydroxylation is 1. The number of aromatic nitrogens is 4. The van der Waals surface area contributed by atoms with Crippen LogP contribution in [-0.2, 0) is 22.6 Å². The number of amides is 2. The molecule has 2 aromatic rings. The summed E-state index contributed by atoms with van der Waals surface area (Å²) in [6.07, 6.45) is 6.61. The Labute approximate surface area is 176 Å². The molecule has 0 radical (unpaired) electrons. The number of piperidine rings is 3. The highest BCUT2D eigenvalue weighted by Crippen LogP contribution is 2.42. The van der Waals surface area contributed by atoms with Crippen molar-refractivity contribution in [3.8, 4) is 0 Å². The molecule has 3 aliphatic heterocycles. The molecule has 30 heavy (non-hydrogen) atoms. The molecule has 3 fully saturated rings. The summed E-state index contributed by atoms with van der Waals surface area (Å²) in [5.74, 6) is 1.19. The van der Waals surface area contributed by atoms with Gasteiger partial charge in [0.25, 0.3) is 0 Å². The molecule has 8 heteroatoms. The summed E-state index contributed by atoms with van der Waals surface area (Å²) in [5, 5.41) is 11.1. The van der Waals surface area contributed by atoms with Crippen LogP contribution in [0.5, 0.6) is 0 Å². The lowest BCUT2D eigenvalue weighted by Crippen LogP contribution is -2.66. The van der Waals surface area contributed by atoms with Crippen molar-refractivity contribution in [1.82, 2.24) is 30.0 Å². The van der Waals surface area contributed by atoms with E-state index in [0.717, 1.165) is 38.8 Å². The molecule has 0 spiro atoms. The van der Waals surface area contributed by atoms with Gasteiger partial charge in [-0.3, -0.25) is 9.59 Å². The van der Waals surface area contributed by atoms with E-state index in [-0.39, 0.29) is 18.0 Å². The molecule has 1 aromatic carbocycles. The molecule has 3 saturated heterocycles. The molecular formula is C22H28N6O2. The molecule has 2 bridgehead atoms. The van der Waals surface area contributed by atoms with Crippen LogP contribution < -0.4 is 0 Å². The van der Waals surface area contributed by atoms with E-state index in [9.17, 15) is 9.59 Å². The maximum Gasteiger partial charge on any atom is 0.224 e. The Morgan fingerprint density at radius 1 is 1.13 bits per heavy atom. The molecule has 2 amide bonds. The standard InChI is InChI=1S/C22H28N6O2/c29-21(9-10-27-15-23-24-25-27)26-13-17-12-18(14-26)20(11-16-5-2-1-3-6-16)28-19(17)7-4-8-22(28)30/h1-3,5-6,15,17-20H,4,7-14H2/t17-,18+,19+,20+/m1/s1. The monoisotopic (exact) mass is 408 g/mol. The fourth-order valence-electron chi connectivity index (χ4n) is 5.75. The first-order chi connectivity index (χ1) is 14.7. The molecule has 4 atom stereocenters. The number of rotatable bonds is 5. The lowest BCUT2D eigenvalue weighted by Gasteiger charge is -2.56. The van der Waals surface area contributed by atoms with Crippen LogP contribution in [0, 0.1) is 11.8 Å². The molecule has 0 unspecified atom stereocenters. The number of carbonyl (C=O) groups excluding carboxylic acids is 2. The fourth-order valence-corrected chi connectivity index (χ4v) is 5.75.